The van der Waals surface area contributed by atoms with Crippen LogP contribution in [0.5, 0.6) is 5.75 Å². The van der Waals surface area contributed by atoms with Crippen molar-refractivity contribution in [1.82, 2.24) is 10.2 Å². The second kappa shape index (κ2) is 9.81. The largest absolute Gasteiger partial charge is 0.493 e. The molecule has 1 heterocycles. The number of amides is 2. The molecule has 0 radical (unpaired) electrons. The summed E-state index contributed by atoms with van der Waals surface area (Å²) in [6, 6.07) is 6.20. The highest BCUT2D eigenvalue weighted by Gasteiger charge is 2.25. The first-order valence-corrected chi connectivity index (χ1v) is 9.73. The van der Waals surface area contributed by atoms with E-state index in [1.54, 1.807) is 11.8 Å². The zero-order valence-corrected chi connectivity index (χ0v) is 16.6. The minimum atomic E-state index is -0.488. The van der Waals surface area contributed by atoms with Crippen LogP contribution >= 0.6 is 11.6 Å². The molecule has 0 saturated carbocycles. The fourth-order valence-corrected chi connectivity index (χ4v) is 3.37. The molecule has 1 aromatic rings. The molecule has 1 aliphatic rings. The molecule has 1 atom stereocenters. The van der Waals surface area contributed by atoms with Gasteiger partial charge < -0.3 is 15.0 Å². The highest BCUT2D eigenvalue weighted by atomic mass is 35.5. The molecule has 144 valence electrons. The third-order valence-corrected chi connectivity index (χ3v) is 4.90. The van der Waals surface area contributed by atoms with Gasteiger partial charge in [0.25, 0.3) is 0 Å². The van der Waals surface area contributed by atoms with Gasteiger partial charge in [0, 0.05) is 25.6 Å². The Bertz CT molecular complexity index is 605. The lowest BCUT2D eigenvalue weighted by atomic mass is 10.0. The summed E-state index contributed by atoms with van der Waals surface area (Å²) in [4.78, 5) is 25.7. The summed E-state index contributed by atoms with van der Waals surface area (Å²) in [6.45, 7) is 7.57. The van der Waals surface area contributed by atoms with E-state index in [0.717, 1.165) is 29.7 Å². The van der Waals surface area contributed by atoms with E-state index < -0.39 is 5.38 Å². The van der Waals surface area contributed by atoms with Crippen LogP contribution in [0.25, 0.3) is 0 Å². The first-order chi connectivity index (χ1) is 12.4. The van der Waals surface area contributed by atoms with E-state index in [-0.39, 0.29) is 17.9 Å². The average molecular weight is 381 g/mol. The van der Waals surface area contributed by atoms with Gasteiger partial charge in [-0.1, -0.05) is 18.2 Å². The standard InChI is InChI=1S/C20H29ClN2O3/c1-14-6-4-7-15(2)19(14)26-13-5-8-18(24)22-17-9-11-23(12-10-17)20(25)16(3)21/h4,6-7,16-17H,5,8-13H2,1-3H3,(H,22,24). The lowest BCUT2D eigenvalue weighted by Gasteiger charge is -2.33. The van der Waals surface area contributed by atoms with Crippen LogP contribution in [-0.4, -0.2) is 47.8 Å². The van der Waals surface area contributed by atoms with Crippen molar-refractivity contribution in [1.29, 1.82) is 0 Å². The van der Waals surface area contributed by atoms with Gasteiger partial charge in [0.2, 0.25) is 11.8 Å². The molecule has 6 heteroatoms. The molecule has 0 spiro atoms. The molecule has 1 fully saturated rings. The summed E-state index contributed by atoms with van der Waals surface area (Å²) in [5.41, 5.74) is 2.23. The van der Waals surface area contributed by atoms with E-state index in [0.29, 0.717) is 32.5 Å². The Balaban J connectivity index is 1.65. The highest BCUT2D eigenvalue weighted by Crippen LogP contribution is 2.22. The molecular formula is C20H29ClN2O3. The fraction of sp³-hybridized carbons (Fsp3) is 0.600. The highest BCUT2D eigenvalue weighted by molar-refractivity contribution is 6.30. The van der Waals surface area contributed by atoms with Crippen molar-refractivity contribution in [3.63, 3.8) is 0 Å². The van der Waals surface area contributed by atoms with Crippen LogP contribution in [0.1, 0.15) is 43.7 Å². The number of nitrogens with zero attached hydrogens (tertiary/aromatic N) is 1. The molecule has 1 unspecified atom stereocenters. The first-order valence-electron chi connectivity index (χ1n) is 9.29. The topological polar surface area (TPSA) is 58.6 Å². The van der Waals surface area contributed by atoms with Crippen LogP contribution in [0.15, 0.2) is 18.2 Å². The number of likely N-dealkylation sites (tertiary alicyclic amines) is 1. The van der Waals surface area contributed by atoms with Crippen LogP contribution in [0.4, 0.5) is 0 Å². The fourth-order valence-electron chi connectivity index (χ4n) is 3.23. The van der Waals surface area contributed by atoms with Crippen molar-refractivity contribution in [2.24, 2.45) is 0 Å². The number of hydrogen-bond acceptors (Lipinski definition) is 3. The summed E-state index contributed by atoms with van der Waals surface area (Å²) in [5.74, 6) is 0.934. The molecular weight excluding hydrogens is 352 g/mol. The summed E-state index contributed by atoms with van der Waals surface area (Å²) in [7, 11) is 0. The Morgan fingerprint density at radius 3 is 2.46 bits per heavy atom. The maximum Gasteiger partial charge on any atom is 0.240 e. The molecule has 5 nitrogen and oxygen atoms in total. The second-order valence-corrected chi connectivity index (χ2v) is 7.61. The van der Waals surface area contributed by atoms with Gasteiger partial charge in [-0.15, -0.1) is 11.6 Å². The SMILES string of the molecule is Cc1cccc(C)c1OCCCC(=O)NC1CCN(C(=O)C(C)Cl)CC1. The van der Waals surface area contributed by atoms with E-state index in [1.807, 2.05) is 32.0 Å². The van der Waals surface area contributed by atoms with Crippen molar-refractivity contribution >= 4 is 23.4 Å². The zero-order chi connectivity index (χ0) is 19.1. The molecule has 1 aliphatic heterocycles. The monoisotopic (exact) mass is 380 g/mol. The van der Waals surface area contributed by atoms with Gasteiger partial charge in [0.15, 0.2) is 0 Å². The molecule has 2 rings (SSSR count). The van der Waals surface area contributed by atoms with Gasteiger partial charge in [0.05, 0.1) is 6.61 Å². The maximum absolute atomic E-state index is 12.1. The number of halogens is 1. The summed E-state index contributed by atoms with van der Waals surface area (Å²) in [5, 5.41) is 2.58. The maximum atomic E-state index is 12.1. The minimum absolute atomic E-state index is 0.0277. The van der Waals surface area contributed by atoms with Crippen molar-refractivity contribution in [3.05, 3.63) is 29.3 Å². The summed E-state index contributed by atoms with van der Waals surface area (Å²) >= 11 is 5.84. The molecule has 2 amide bonds. The lowest BCUT2D eigenvalue weighted by Crippen LogP contribution is -2.48. The lowest BCUT2D eigenvalue weighted by molar-refractivity contribution is -0.131. The number of piperidine rings is 1. The van der Waals surface area contributed by atoms with E-state index in [1.165, 1.54) is 0 Å². The van der Waals surface area contributed by atoms with E-state index in [9.17, 15) is 9.59 Å². The van der Waals surface area contributed by atoms with E-state index in [2.05, 4.69) is 5.32 Å². The molecule has 0 aromatic heterocycles. The number of rotatable bonds is 7. The number of ether oxygens (including phenoxy) is 1. The number of para-hydroxylation sites is 1. The normalized spacial score (nSPS) is 16.2. The van der Waals surface area contributed by atoms with Crippen molar-refractivity contribution in [2.75, 3.05) is 19.7 Å². The summed E-state index contributed by atoms with van der Waals surface area (Å²) in [6.07, 6.45) is 2.68. The summed E-state index contributed by atoms with van der Waals surface area (Å²) < 4.78 is 5.83. The van der Waals surface area contributed by atoms with E-state index in [4.69, 9.17) is 16.3 Å². The molecule has 0 aliphatic carbocycles. The first kappa shape index (κ1) is 20.6. The van der Waals surface area contributed by atoms with Crippen molar-refractivity contribution in [2.45, 2.75) is 57.9 Å². The van der Waals surface area contributed by atoms with Crippen LogP contribution in [0, 0.1) is 13.8 Å². The molecule has 0 bridgehead atoms. The number of aryl methyl sites for hydroxylation is 2. The minimum Gasteiger partial charge on any atom is -0.493 e. The van der Waals surface area contributed by atoms with Gasteiger partial charge >= 0.3 is 0 Å². The van der Waals surface area contributed by atoms with Gasteiger partial charge in [-0.2, -0.15) is 0 Å². The number of benzene rings is 1. The number of hydrogen-bond donors (Lipinski definition) is 1. The van der Waals surface area contributed by atoms with Crippen LogP contribution in [0.3, 0.4) is 0 Å². The van der Waals surface area contributed by atoms with Crippen LogP contribution in [-0.2, 0) is 9.59 Å². The van der Waals surface area contributed by atoms with Crippen molar-refractivity contribution in [3.8, 4) is 5.75 Å². The molecule has 26 heavy (non-hydrogen) atoms. The Hall–Kier alpha value is -1.75. The smallest absolute Gasteiger partial charge is 0.240 e. The Labute approximate surface area is 161 Å². The van der Waals surface area contributed by atoms with Gasteiger partial charge in [-0.05, 0) is 51.2 Å². The number of carbonyl (C=O) groups is 2. The van der Waals surface area contributed by atoms with Crippen molar-refractivity contribution < 1.29 is 14.3 Å². The van der Waals surface area contributed by atoms with Gasteiger partial charge in [-0.25, -0.2) is 0 Å². The van der Waals surface area contributed by atoms with E-state index >= 15 is 0 Å². The third kappa shape index (κ3) is 5.90. The molecule has 1 saturated heterocycles. The third-order valence-electron chi connectivity index (χ3n) is 4.72. The number of carbonyl (C=O) groups excluding carboxylic acids is 2. The predicted octanol–water partition coefficient (Wildman–Crippen LogP) is 3.20. The molecule has 1 aromatic carbocycles. The average Bonchev–Trinajstić information content (AvgIpc) is 2.60. The zero-order valence-electron chi connectivity index (χ0n) is 15.9. The number of alkyl halides is 1. The Kier molecular flexibility index (Phi) is 7.76. The second-order valence-electron chi connectivity index (χ2n) is 6.96. The Morgan fingerprint density at radius 2 is 1.88 bits per heavy atom. The predicted molar refractivity (Wildman–Crippen MR) is 104 cm³/mol. The number of nitrogens with one attached hydrogen (secondary N) is 1. The van der Waals surface area contributed by atoms with Gasteiger partial charge in [-0.3, -0.25) is 9.59 Å². The molecule has 1 N–H and O–H groups in total. The van der Waals surface area contributed by atoms with Crippen LogP contribution in [0.2, 0.25) is 0 Å². The van der Waals surface area contributed by atoms with Gasteiger partial charge in [0.1, 0.15) is 11.1 Å². The Morgan fingerprint density at radius 1 is 1.27 bits per heavy atom. The quantitative estimate of drug-likeness (QED) is 0.583. The van der Waals surface area contributed by atoms with Crippen LogP contribution < -0.4 is 10.1 Å².